The van der Waals surface area contributed by atoms with Crippen molar-refractivity contribution in [2.45, 2.75) is 26.2 Å². The van der Waals surface area contributed by atoms with Gasteiger partial charge in [0.2, 0.25) is 5.91 Å². The average Bonchev–Trinajstić information content (AvgIpc) is 3.13. The van der Waals surface area contributed by atoms with Crippen LogP contribution in [0, 0.1) is 5.92 Å². The van der Waals surface area contributed by atoms with Crippen LogP contribution in [0.4, 0.5) is 11.5 Å². The molecule has 7 nitrogen and oxygen atoms in total. The van der Waals surface area contributed by atoms with E-state index in [0.29, 0.717) is 0 Å². The zero-order valence-corrected chi connectivity index (χ0v) is 18.7. The van der Waals surface area contributed by atoms with E-state index < -0.39 is 0 Å². The lowest BCUT2D eigenvalue weighted by atomic mass is 9.87. The Labute approximate surface area is 182 Å². The number of rotatable bonds is 5. The number of carbonyl (C=O) groups is 1. The quantitative estimate of drug-likeness (QED) is 0.474. The highest BCUT2D eigenvalue weighted by Gasteiger charge is 2.30. The zero-order chi connectivity index (χ0) is 20.8. The number of H-pyrrole nitrogens is 1. The molecule has 30 heavy (non-hydrogen) atoms. The number of hydrogen-bond donors (Lipinski definition) is 2. The minimum atomic E-state index is 0.0532. The van der Waals surface area contributed by atoms with E-state index in [-0.39, 0.29) is 11.8 Å². The summed E-state index contributed by atoms with van der Waals surface area (Å²) in [5, 5.41) is 4.55. The third-order valence-corrected chi connectivity index (χ3v) is 7.91. The molecule has 1 aromatic carbocycles. The van der Waals surface area contributed by atoms with Gasteiger partial charge >= 0.3 is 0 Å². The summed E-state index contributed by atoms with van der Waals surface area (Å²) in [7, 11) is 3.55. The molecule has 1 aliphatic rings. The molecule has 0 saturated heterocycles. The number of methoxy groups -OCH3 is 1. The Balaban J connectivity index is 1.51. The number of aryl methyl sites for hydroxylation is 1. The zero-order valence-electron chi connectivity index (χ0n) is 17.1. The number of nitrogens with zero attached hydrogens (tertiary/aromatic N) is 3. The van der Waals surface area contributed by atoms with Crippen molar-refractivity contribution in [3.63, 3.8) is 0 Å². The first-order valence-corrected chi connectivity index (χ1v) is 11.6. The summed E-state index contributed by atoms with van der Waals surface area (Å²) >= 11 is 3.28. The van der Waals surface area contributed by atoms with Crippen molar-refractivity contribution in [1.82, 2.24) is 19.2 Å². The maximum atomic E-state index is 12.7. The number of benzene rings is 1. The molecule has 5 rings (SSSR count). The Morgan fingerprint density at radius 3 is 3.00 bits per heavy atom. The van der Waals surface area contributed by atoms with Crippen LogP contribution in [0.5, 0.6) is 5.75 Å². The first-order valence-electron chi connectivity index (χ1n) is 10.0. The molecule has 0 spiro atoms. The molecule has 3 aromatic heterocycles. The van der Waals surface area contributed by atoms with E-state index in [0.717, 1.165) is 58.8 Å². The molecule has 1 amide bonds. The number of nitrogens with one attached hydrogen (secondary N) is 2. The molecule has 0 fully saturated rings. The number of carbonyl (C=O) groups excluding carboxylic acids is 1. The maximum absolute atomic E-state index is 12.7. The van der Waals surface area contributed by atoms with Crippen LogP contribution < -0.4 is 10.1 Å². The van der Waals surface area contributed by atoms with Crippen LogP contribution >= 0.6 is 22.9 Å². The summed E-state index contributed by atoms with van der Waals surface area (Å²) in [4.78, 5) is 25.8. The number of aromatic amines is 1. The highest BCUT2D eigenvalue weighted by molar-refractivity contribution is 7.19. The molecule has 0 saturated carbocycles. The molecule has 3 heterocycles. The Bertz CT molecular complexity index is 1240. The van der Waals surface area contributed by atoms with Crippen molar-refractivity contribution in [2.24, 2.45) is 5.92 Å². The van der Waals surface area contributed by atoms with E-state index in [1.165, 1.54) is 15.1 Å². The van der Waals surface area contributed by atoms with Gasteiger partial charge in [0.25, 0.3) is 0 Å². The molecule has 0 radical (unpaired) electrons. The first kappa shape index (κ1) is 19.3. The summed E-state index contributed by atoms with van der Waals surface area (Å²) < 4.78 is 9.95. The molecular weight excluding hydrogens is 418 g/mol. The molecule has 0 aliphatic heterocycles. The molecule has 0 unspecified atom stereocenters. The van der Waals surface area contributed by atoms with E-state index in [2.05, 4.69) is 25.7 Å². The van der Waals surface area contributed by atoms with Gasteiger partial charge in [0, 0.05) is 30.5 Å². The number of hydrogen-bond acceptors (Lipinski definition) is 7. The number of ether oxygens (including phenoxy) is 1. The van der Waals surface area contributed by atoms with Gasteiger partial charge in [0.1, 0.15) is 22.7 Å². The SMILES string of the molecule is CCN(C)C(=O)[C@H]1CCc2c(sc3ncnc(Nc4cc5s[nH]c5cc4OC)c23)C1. The number of thiophene rings is 1. The fraction of sp³-hybridized carbons (Fsp3) is 0.381. The van der Waals surface area contributed by atoms with Gasteiger partial charge < -0.3 is 19.3 Å². The van der Waals surface area contributed by atoms with Gasteiger partial charge in [-0.2, -0.15) is 0 Å². The van der Waals surface area contributed by atoms with Crippen molar-refractivity contribution >= 4 is 60.7 Å². The van der Waals surface area contributed by atoms with Gasteiger partial charge in [0.05, 0.1) is 28.4 Å². The maximum Gasteiger partial charge on any atom is 0.225 e. The van der Waals surface area contributed by atoms with Gasteiger partial charge in [-0.3, -0.25) is 4.79 Å². The highest BCUT2D eigenvalue weighted by Crippen LogP contribution is 2.42. The van der Waals surface area contributed by atoms with Crippen LogP contribution in [0.15, 0.2) is 18.5 Å². The second-order valence-electron chi connectivity index (χ2n) is 7.58. The summed E-state index contributed by atoms with van der Waals surface area (Å²) in [6.45, 7) is 2.75. The predicted octanol–water partition coefficient (Wildman–Crippen LogP) is 4.57. The second kappa shape index (κ2) is 7.55. The van der Waals surface area contributed by atoms with Crippen LogP contribution in [0.25, 0.3) is 20.4 Å². The molecule has 1 aliphatic carbocycles. The Morgan fingerprint density at radius 2 is 2.27 bits per heavy atom. The van der Waals surface area contributed by atoms with Crippen molar-refractivity contribution in [3.8, 4) is 5.75 Å². The molecule has 156 valence electrons. The summed E-state index contributed by atoms with van der Waals surface area (Å²) in [5.41, 5.74) is 3.25. The van der Waals surface area contributed by atoms with E-state index in [1.54, 1.807) is 36.3 Å². The molecule has 9 heteroatoms. The predicted molar refractivity (Wildman–Crippen MR) is 122 cm³/mol. The summed E-state index contributed by atoms with van der Waals surface area (Å²) in [5.74, 6) is 1.86. The van der Waals surface area contributed by atoms with E-state index >= 15 is 0 Å². The lowest BCUT2D eigenvalue weighted by Gasteiger charge is -2.26. The van der Waals surface area contributed by atoms with Gasteiger partial charge in [-0.15, -0.1) is 11.3 Å². The summed E-state index contributed by atoms with van der Waals surface area (Å²) in [6.07, 6.45) is 4.11. The largest absolute Gasteiger partial charge is 0.494 e. The van der Waals surface area contributed by atoms with E-state index in [4.69, 9.17) is 4.74 Å². The normalized spacial score (nSPS) is 16.0. The number of anilines is 2. The lowest BCUT2D eigenvalue weighted by Crippen LogP contribution is -2.35. The van der Waals surface area contributed by atoms with Crippen LogP contribution in [-0.2, 0) is 17.6 Å². The standard InChI is InChI=1S/C21H23N5O2S2/c1-4-26(2)21(27)11-5-6-12-16(7-11)29-20-18(12)19(22-10-23-20)24-13-9-17-14(25-30-17)8-15(13)28-3/h8-11,25H,4-7H2,1-3H3,(H,22,23,24)/t11-/m0/s1. The first-order chi connectivity index (χ1) is 14.6. The molecule has 2 N–H and O–H groups in total. The number of amides is 1. The van der Waals surface area contributed by atoms with Gasteiger partial charge in [-0.25, -0.2) is 9.97 Å². The molecule has 1 atom stereocenters. The minimum Gasteiger partial charge on any atom is -0.494 e. The molecule has 4 aromatic rings. The Hall–Kier alpha value is -2.65. The van der Waals surface area contributed by atoms with E-state index in [1.807, 2.05) is 24.9 Å². The van der Waals surface area contributed by atoms with Crippen molar-refractivity contribution in [3.05, 3.63) is 28.9 Å². The van der Waals surface area contributed by atoms with Crippen LogP contribution in [0.2, 0.25) is 0 Å². The highest BCUT2D eigenvalue weighted by atomic mass is 32.1. The topological polar surface area (TPSA) is 83.1 Å². The van der Waals surface area contributed by atoms with Crippen molar-refractivity contribution in [1.29, 1.82) is 0 Å². The van der Waals surface area contributed by atoms with Crippen LogP contribution in [0.3, 0.4) is 0 Å². The smallest absolute Gasteiger partial charge is 0.225 e. The van der Waals surface area contributed by atoms with Gasteiger partial charge in [0.15, 0.2) is 0 Å². The third-order valence-electron chi connectivity index (χ3n) is 5.87. The monoisotopic (exact) mass is 441 g/mol. The van der Waals surface area contributed by atoms with Crippen LogP contribution in [-0.4, -0.2) is 45.9 Å². The van der Waals surface area contributed by atoms with E-state index in [9.17, 15) is 4.79 Å². The van der Waals surface area contributed by atoms with Gasteiger partial charge in [-0.1, -0.05) is 11.5 Å². The van der Waals surface area contributed by atoms with Crippen LogP contribution in [0.1, 0.15) is 23.8 Å². The number of aromatic nitrogens is 3. The third kappa shape index (κ3) is 3.13. The lowest BCUT2D eigenvalue weighted by molar-refractivity contribution is -0.134. The molecular formula is C21H23N5O2S2. The molecule has 0 bridgehead atoms. The van der Waals surface area contributed by atoms with Crippen molar-refractivity contribution < 1.29 is 9.53 Å². The fourth-order valence-corrected chi connectivity index (χ4v) is 5.96. The minimum absolute atomic E-state index is 0.0532. The number of fused-ring (bicyclic) bond motifs is 4. The Morgan fingerprint density at radius 1 is 1.40 bits per heavy atom. The average molecular weight is 442 g/mol. The summed E-state index contributed by atoms with van der Waals surface area (Å²) in [6, 6.07) is 4.08. The second-order valence-corrected chi connectivity index (χ2v) is 9.51. The fourth-order valence-electron chi connectivity index (χ4n) is 4.07. The Kier molecular flexibility index (Phi) is 4.86. The van der Waals surface area contributed by atoms with Gasteiger partial charge in [-0.05, 0) is 37.8 Å². The van der Waals surface area contributed by atoms with Crippen molar-refractivity contribution in [2.75, 3.05) is 26.0 Å².